The molecule has 144 valence electrons. The molecule has 0 bridgehead atoms. The van der Waals surface area contributed by atoms with Crippen molar-refractivity contribution < 1.29 is 16.9 Å². The van der Waals surface area contributed by atoms with E-state index in [1.165, 1.54) is 0 Å². The summed E-state index contributed by atoms with van der Waals surface area (Å²) >= 11 is 0. The predicted octanol–water partition coefficient (Wildman–Crippen LogP) is 4.86. The highest BCUT2D eigenvalue weighted by atomic mass is 28.5. The van der Waals surface area contributed by atoms with E-state index in [0.29, 0.717) is 0 Å². The molecule has 0 aromatic carbocycles. The van der Waals surface area contributed by atoms with Gasteiger partial charge in [0.1, 0.15) is 6.54 Å². The van der Waals surface area contributed by atoms with Crippen LogP contribution >= 0.6 is 0 Å². The number of hydrogen-bond acceptors (Lipinski definition) is 3. The molecule has 1 aromatic rings. The third kappa shape index (κ3) is 10.6. The first-order valence-electron chi connectivity index (χ1n) is 9.24. The van der Waals surface area contributed by atoms with Gasteiger partial charge in [-0.05, 0) is 58.9 Å². The topological polar surface area (TPSA) is 31.6 Å². The summed E-state index contributed by atoms with van der Waals surface area (Å²) < 4.78 is 22.3. The highest BCUT2D eigenvalue weighted by Crippen LogP contribution is 2.29. The average molecular weight is 417 g/mol. The Morgan fingerprint density at radius 3 is 1.40 bits per heavy atom. The van der Waals surface area contributed by atoms with E-state index in [1.807, 2.05) is 6.07 Å². The number of hydrogen-bond donors (Lipinski definition) is 0. The van der Waals surface area contributed by atoms with E-state index in [0.717, 1.165) is 19.0 Å². The fraction of sp³-hybridized carbons (Fsp3) is 0.706. The predicted molar refractivity (Wildman–Crippen MR) is 115 cm³/mol. The van der Waals surface area contributed by atoms with Crippen LogP contribution in [0.2, 0.25) is 65.0 Å². The van der Waals surface area contributed by atoms with Crippen LogP contribution in [0.1, 0.15) is 6.42 Å². The van der Waals surface area contributed by atoms with Gasteiger partial charge in [0, 0.05) is 24.6 Å². The zero-order chi connectivity index (χ0) is 19.4. The minimum Gasteiger partial charge on any atom is -0.417 e. The molecule has 0 radical (unpaired) electrons. The second-order valence-corrected chi connectivity index (χ2v) is 26.5. The van der Waals surface area contributed by atoms with E-state index in [1.54, 1.807) is 0 Å². The van der Waals surface area contributed by atoms with Gasteiger partial charge in [0.25, 0.3) is 0 Å². The van der Waals surface area contributed by atoms with E-state index < -0.39 is 33.8 Å². The molecule has 1 aromatic heterocycles. The monoisotopic (exact) mass is 416 g/mol. The van der Waals surface area contributed by atoms with Gasteiger partial charge in [-0.1, -0.05) is 6.07 Å². The normalized spacial score (nSPS) is 14.0. The summed E-state index contributed by atoms with van der Waals surface area (Å²) in [5, 5.41) is 0. The highest BCUT2D eigenvalue weighted by molar-refractivity contribution is 6.90. The molecule has 0 spiro atoms. The molecular weight excluding hydrogens is 379 g/mol. The van der Waals surface area contributed by atoms with Crippen molar-refractivity contribution >= 4 is 33.8 Å². The van der Waals surface area contributed by atoms with Crippen LogP contribution in [0.5, 0.6) is 0 Å². The van der Waals surface area contributed by atoms with Crippen molar-refractivity contribution in [3.63, 3.8) is 0 Å². The number of pyridine rings is 1. The fourth-order valence-corrected chi connectivity index (χ4v) is 17.3. The number of aromatic nitrogens is 1. The molecule has 25 heavy (non-hydrogen) atoms. The Hall–Kier alpha value is -0.102. The standard InChI is InChI=1S/C17H38NO3Si4/c1-22(2,3)19-25(20-23(4,5)6,21-24(7,8)9)17-13-16-18-14-11-10-12-15-18/h10-12,14-15H,13,16-17H2,1-9H3/q+1. The lowest BCUT2D eigenvalue weighted by Gasteiger charge is -2.42. The summed E-state index contributed by atoms with van der Waals surface area (Å²) in [6.07, 6.45) is 5.24. The van der Waals surface area contributed by atoms with E-state index in [4.69, 9.17) is 12.3 Å². The lowest BCUT2D eigenvalue weighted by atomic mass is 10.4. The smallest absolute Gasteiger partial charge is 0.417 e. The van der Waals surface area contributed by atoms with Gasteiger partial charge >= 0.3 is 8.80 Å². The maximum atomic E-state index is 6.71. The molecule has 0 aliphatic heterocycles. The van der Waals surface area contributed by atoms with Gasteiger partial charge in [-0.25, -0.2) is 4.57 Å². The summed E-state index contributed by atoms with van der Waals surface area (Å²) in [5.41, 5.74) is 0. The summed E-state index contributed by atoms with van der Waals surface area (Å²) in [7, 11) is -8.00. The molecule has 0 amide bonds. The van der Waals surface area contributed by atoms with Gasteiger partial charge in [-0.15, -0.1) is 0 Å². The third-order valence-corrected chi connectivity index (χ3v) is 15.1. The minimum atomic E-state index is -2.68. The maximum absolute atomic E-state index is 6.71. The summed E-state index contributed by atoms with van der Waals surface area (Å²) in [4.78, 5) is 0. The van der Waals surface area contributed by atoms with Crippen LogP contribution < -0.4 is 4.57 Å². The molecule has 1 rings (SSSR count). The zero-order valence-corrected chi connectivity index (χ0v) is 21.7. The Bertz CT molecular complexity index is 481. The Kier molecular flexibility index (Phi) is 8.00. The fourth-order valence-electron chi connectivity index (χ4n) is 2.68. The van der Waals surface area contributed by atoms with Crippen molar-refractivity contribution in [2.75, 3.05) is 0 Å². The Labute approximate surface area is 159 Å². The number of aryl methyl sites for hydroxylation is 1. The van der Waals surface area contributed by atoms with Crippen molar-refractivity contribution in [1.29, 1.82) is 0 Å². The number of rotatable bonds is 10. The lowest BCUT2D eigenvalue weighted by molar-refractivity contribution is -0.697. The van der Waals surface area contributed by atoms with Crippen LogP contribution in [0.3, 0.4) is 0 Å². The van der Waals surface area contributed by atoms with Gasteiger partial charge in [-0.2, -0.15) is 0 Å². The molecule has 0 unspecified atom stereocenters. The average Bonchev–Trinajstić information content (AvgIpc) is 2.33. The molecule has 0 fully saturated rings. The molecule has 0 N–H and O–H groups in total. The van der Waals surface area contributed by atoms with Crippen molar-refractivity contribution in [3.8, 4) is 0 Å². The Morgan fingerprint density at radius 1 is 0.640 bits per heavy atom. The molecule has 0 aliphatic carbocycles. The van der Waals surface area contributed by atoms with Gasteiger partial charge in [0.2, 0.25) is 0 Å². The van der Waals surface area contributed by atoms with Gasteiger partial charge in [0.15, 0.2) is 37.3 Å². The second kappa shape index (κ2) is 8.72. The summed E-state index contributed by atoms with van der Waals surface area (Å²) in [5.74, 6) is 0. The van der Waals surface area contributed by atoms with Crippen LogP contribution in [-0.4, -0.2) is 33.8 Å². The van der Waals surface area contributed by atoms with E-state index in [9.17, 15) is 0 Å². The molecule has 0 saturated carbocycles. The van der Waals surface area contributed by atoms with E-state index in [2.05, 4.69) is 88.0 Å². The number of nitrogens with zero attached hydrogens (tertiary/aromatic N) is 1. The van der Waals surface area contributed by atoms with E-state index >= 15 is 0 Å². The first-order chi connectivity index (χ1) is 11.2. The summed E-state index contributed by atoms with van der Waals surface area (Å²) in [6.45, 7) is 21.1. The first-order valence-corrected chi connectivity index (χ1v) is 21.4. The van der Waals surface area contributed by atoms with E-state index in [-0.39, 0.29) is 0 Å². The maximum Gasteiger partial charge on any atom is 0.469 e. The van der Waals surface area contributed by atoms with Gasteiger partial charge in [0.05, 0.1) is 0 Å². The van der Waals surface area contributed by atoms with Crippen LogP contribution in [0.25, 0.3) is 0 Å². The SMILES string of the molecule is C[Si](C)(C)O[Si](CCC[n+]1ccccc1)(O[Si](C)(C)C)O[Si](C)(C)C. The Balaban J connectivity index is 2.99. The van der Waals surface area contributed by atoms with Crippen molar-refractivity contribution in [1.82, 2.24) is 0 Å². The Morgan fingerprint density at radius 2 is 1.04 bits per heavy atom. The van der Waals surface area contributed by atoms with Crippen LogP contribution in [-0.2, 0) is 18.9 Å². The third-order valence-electron chi connectivity index (χ3n) is 3.06. The second-order valence-electron chi connectivity index (χ2n) is 9.54. The van der Waals surface area contributed by atoms with Gasteiger partial charge in [-0.3, -0.25) is 0 Å². The largest absolute Gasteiger partial charge is 0.469 e. The molecule has 8 heteroatoms. The molecule has 0 atom stereocenters. The van der Waals surface area contributed by atoms with Crippen molar-refractivity contribution in [2.24, 2.45) is 0 Å². The molecule has 4 nitrogen and oxygen atoms in total. The summed E-state index contributed by atoms with van der Waals surface area (Å²) in [6, 6.07) is 7.08. The van der Waals surface area contributed by atoms with Crippen LogP contribution in [0.4, 0.5) is 0 Å². The molecular formula is C17H38NO3Si4+. The van der Waals surface area contributed by atoms with Crippen LogP contribution in [0, 0.1) is 0 Å². The lowest BCUT2D eigenvalue weighted by Crippen LogP contribution is -2.60. The van der Waals surface area contributed by atoms with Gasteiger partial charge < -0.3 is 12.3 Å². The van der Waals surface area contributed by atoms with Crippen molar-refractivity contribution in [3.05, 3.63) is 30.6 Å². The molecule has 0 aliphatic rings. The zero-order valence-electron chi connectivity index (χ0n) is 17.7. The quantitative estimate of drug-likeness (QED) is 0.403. The van der Waals surface area contributed by atoms with Crippen molar-refractivity contribution in [2.45, 2.75) is 77.9 Å². The molecule has 0 saturated heterocycles. The molecule has 1 heterocycles. The van der Waals surface area contributed by atoms with Crippen LogP contribution in [0.15, 0.2) is 30.6 Å². The first kappa shape index (κ1) is 22.9. The minimum absolute atomic E-state index is 0.897. The highest BCUT2D eigenvalue weighted by Gasteiger charge is 2.49.